The summed E-state index contributed by atoms with van der Waals surface area (Å²) >= 11 is 0. The molecule has 0 fully saturated rings. The summed E-state index contributed by atoms with van der Waals surface area (Å²) in [4.78, 5) is 0. The average molecular weight is 304 g/mol. The highest BCUT2D eigenvalue weighted by Crippen LogP contribution is 2.30. The molecule has 1 aromatic heterocycles. The molecular weight excluding hydrogens is 288 g/mol. The molecule has 0 unspecified atom stereocenters. The molecule has 2 aromatic carbocycles. The van der Waals surface area contributed by atoms with E-state index in [2.05, 4.69) is 16.4 Å². The number of aromatic nitrogens is 3. The largest absolute Gasteiger partial charge is 0.494 e. The maximum atomic E-state index is 9.38. The molecule has 0 aliphatic heterocycles. The number of nitrogens with zero attached hydrogens (tertiary/aromatic N) is 4. The summed E-state index contributed by atoms with van der Waals surface area (Å²) in [6, 6.07) is 15.9. The van der Waals surface area contributed by atoms with Crippen LogP contribution in [0.15, 0.2) is 42.5 Å². The van der Waals surface area contributed by atoms with Gasteiger partial charge in [-0.2, -0.15) is 5.26 Å². The molecule has 0 spiro atoms. The quantitative estimate of drug-likeness (QED) is 0.743. The second-order valence-corrected chi connectivity index (χ2v) is 5.35. The fourth-order valence-corrected chi connectivity index (χ4v) is 2.46. The van der Waals surface area contributed by atoms with Crippen LogP contribution >= 0.6 is 0 Å². The lowest BCUT2D eigenvalue weighted by molar-refractivity contribution is 0.411. The summed E-state index contributed by atoms with van der Waals surface area (Å²) < 4.78 is 7.10. The monoisotopic (exact) mass is 304 g/mol. The van der Waals surface area contributed by atoms with Crippen LogP contribution < -0.4 is 4.74 Å². The first kappa shape index (κ1) is 14.8. The topological polar surface area (TPSA) is 63.7 Å². The smallest absolute Gasteiger partial charge is 0.191 e. The van der Waals surface area contributed by atoms with E-state index < -0.39 is 0 Å². The molecule has 0 aliphatic carbocycles. The van der Waals surface area contributed by atoms with Gasteiger partial charge in [0.15, 0.2) is 5.69 Å². The third-order valence-corrected chi connectivity index (χ3v) is 3.66. The molecule has 0 atom stereocenters. The molecule has 3 aromatic rings. The van der Waals surface area contributed by atoms with E-state index >= 15 is 0 Å². The van der Waals surface area contributed by atoms with Crippen molar-refractivity contribution in [2.24, 2.45) is 0 Å². The fourth-order valence-electron chi connectivity index (χ4n) is 2.46. The summed E-state index contributed by atoms with van der Waals surface area (Å²) in [6.07, 6.45) is 0. The highest BCUT2D eigenvalue weighted by Gasteiger charge is 2.18. The van der Waals surface area contributed by atoms with E-state index in [1.165, 1.54) is 0 Å². The second kappa shape index (κ2) is 5.93. The molecule has 0 amide bonds. The van der Waals surface area contributed by atoms with Crippen molar-refractivity contribution >= 4 is 0 Å². The molecule has 23 heavy (non-hydrogen) atoms. The van der Waals surface area contributed by atoms with E-state index in [9.17, 15) is 5.26 Å². The maximum absolute atomic E-state index is 9.38. The Hall–Kier alpha value is -3.13. The molecule has 5 nitrogen and oxygen atoms in total. The van der Waals surface area contributed by atoms with Gasteiger partial charge in [-0.05, 0) is 31.5 Å². The number of nitriles is 1. The van der Waals surface area contributed by atoms with Crippen molar-refractivity contribution in [2.75, 3.05) is 7.11 Å². The van der Waals surface area contributed by atoms with E-state index in [1.807, 2.05) is 56.3 Å². The molecule has 5 heteroatoms. The Morgan fingerprint density at radius 1 is 1.04 bits per heavy atom. The highest BCUT2D eigenvalue weighted by molar-refractivity contribution is 5.68. The lowest BCUT2D eigenvalue weighted by Crippen LogP contribution is -2.03. The number of rotatable bonds is 3. The molecule has 0 saturated heterocycles. The van der Waals surface area contributed by atoms with Gasteiger partial charge in [0.1, 0.15) is 23.2 Å². The molecule has 114 valence electrons. The van der Waals surface area contributed by atoms with Crippen LogP contribution in [0.5, 0.6) is 5.75 Å². The van der Waals surface area contributed by atoms with Gasteiger partial charge in [0, 0.05) is 5.56 Å². The zero-order chi connectivity index (χ0) is 16.4. The number of methoxy groups -OCH3 is 1. The van der Waals surface area contributed by atoms with E-state index in [-0.39, 0.29) is 5.69 Å². The van der Waals surface area contributed by atoms with Crippen LogP contribution in [0.3, 0.4) is 0 Å². The van der Waals surface area contributed by atoms with E-state index in [0.717, 1.165) is 22.4 Å². The zero-order valence-corrected chi connectivity index (χ0v) is 13.2. The Morgan fingerprint density at radius 3 is 2.39 bits per heavy atom. The standard InChI is InChI=1S/C18H16N4O/c1-12-4-7-14(8-5-12)18-15(11-19)20-21-22(18)16-10-13(2)6-9-17(16)23-3/h4-10H,1-3H3. The van der Waals surface area contributed by atoms with Gasteiger partial charge in [-0.15, -0.1) is 5.10 Å². The first-order valence-electron chi connectivity index (χ1n) is 7.22. The molecule has 0 aliphatic rings. The van der Waals surface area contributed by atoms with Gasteiger partial charge in [0.25, 0.3) is 0 Å². The van der Waals surface area contributed by atoms with Gasteiger partial charge in [-0.3, -0.25) is 0 Å². The second-order valence-electron chi connectivity index (χ2n) is 5.35. The Labute approximate surface area is 134 Å². The molecule has 1 heterocycles. The van der Waals surface area contributed by atoms with E-state index in [1.54, 1.807) is 11.8 Å². The zero-order valence-electron chi connectivity index (χ0n) is 13.2. The van der Waals surface area contributed by atoms with Crippen LogP contribution in [0.1, 0.15) is 16.8 Å². The van der Waals surface area contributed by atoms with Crippen molar-refractivity contribution in [3.8, 4) is 28.8 Å². The lowest BCUT2D eigenvalue weighted by Gasteiger charge is -2.12. The van der Waals surface area contributed by atoms with Crippen molar-refractivity contribution in [3.63, 3.8) is 0 Å². The molecule has 3 rings (SSSR count). The Balaban J connectivity index is 2.26. The van der Waals surface area contributed by atoms with Crippen molar-refractivity contribution in [1.82, 2.24) is 15.0 Å². The minimum absolute atomic E-state index is 0.289. The summed E-state index contributed by atoms with van der Waals surface area (Å²) in [5.74, 6) is 0.679. The lowest BCUT2D eigenvalue weighted by atomic mass is 10.1. The minimum Gasteiger partial charge on any atom is -0.494 e. The SMILES string of the molecule is COc1ccc(C)cc1-n1nnc(C#N)c1-c1ccc(C)cc1. The Kier molecular flexibility index (Phi) is 3.82. The van der Waals surface area contributed by atoms with Crippen LogP contribution in [0.4, 0.5) is 0 Å². The summed E-state index contributed by atoms with van der Waals surface area (Å²) in [5, 5.41) is 17.6. The number of hydrogen-bond donors (Lipinski definition) is 0. The normalized spacial score (nSPS) is 10.3. The van der Waals surface area contributed by atoms with Crippen LogP contribution in [0.2, 0.25) is 0 Å². The van der Waals surface area contributed by atoms with Crippen LogP contribution in [0.25, 0.3) is 16.9 Å². The predicted molar refractivity (Wildman–Crippen MR) is 87.5 cm³/mol. The van der Waals surface area contributed by atoms with Crippen LogP contribution in [-0.2, 0) is 0 Å². The molecule has 0 bridgehead atoms. The van der Waals surface area contributed by atoms with Crippen molar-refractivity contribution in [3.05, 3.63) is 59.3 Å². The van der Waals surface area contributed by atoms with Gasteiger partial charge >= 0.3 is 0 Å². The van der Waals surface area contributed by atoms with Gasteiger partial charge in [-0.1, -0.05) is 41.1 Å². The third kappa shape index (κ3) is 2.67. The first-order valence-corrected chi connectivity index (χ1v) is 7.22. The predicted octanol–water partition coefficient (Wildman–Crippen LogP) is 3.43. The van der Waals surface area contributed by atoms with Gasteiger partial charge in [0.05, 0.1) is 7.11 Å². The van der Waals surface area contributed by atoms with E-state index in [0.29, 0.717) is 11.4 Å². The van der Waals surface area contributed by atoms with E-state index in [4.69, 9.17) is 4.74 Å². The highest BCUT2D eigenvalue weighted by atomic mass is 16.5. The fraction of sp³-hybridized carbons (Fsp3) is 0.167. The molecule has 0 radical (unpaired) electrons. The number of benzene rings is 2. The number of ether oxygens (including phenoxy) is 1. The Bertz CT molecular complexity index is 888. The Morgan fingerprint density at radius 2 is 1.74 bits per heavy atom. The molecule has 0 N–H and O–H groups in total. The van der Waals surface area contributed by atoms with Gasteiger partial charge in [-0.25, -0.2) is 4.68 Å². The average Bonchev–Trinajstić information content (AvgIpc) is 2.99. The molecule has 0 saturated carbocycles. The third-order valence-electron chi connectivity index (χ3n) is 3.66. The number of aryl methyl sites for hydroxylation is 2. The molecular formula is C18H16N4O. The van der Waals surface area contributed by atoms with Crippen molar-refractivity contribution in [2.45, 2.75) is 13.8 Å². The van der Waals surface area contributed by atoms with Gasteiger partial charge in [0.2, 0.25) is 0 Å². The summed E-state index contributed by atoms with van der Waals surface area (Å²) in [5.41, 5.74) is 4.83. The van der Waals surface area contributed by atoms with Crippen LogP contribution in [-0.4, -0.2) is 22.1 Å². The number of hydrogen-bond acceptors (Lipinski definition) is 4. The van der Waals surface area contributed by atoms with Crippen molar-refractivity contribution in [1.29, 1.82) is 5.26 Å². The maximum Gasteiger partial charge on any atom is 0.191 e. The summed E-state index contributed by atoms with van der Waals surface area (Å²) in [7, 11) is 1.61. The van der Waals surface area contributed by atoms with Gasteiger partial charge < -0.3 is 4.74 Å². The summed E-state index contributed by atoms with van der Waals surface area (Å²) in [6.45, 7) is 4.02. The minimum atomic E-state index is 0.289. The van der Waals surface area contributed by atoms with Crippen LogP contribution in [0, 0.1) is 25.2 Å². The van der Waals surface area contributed by atoms with Crippen molar-refractivity contribution < 1.29 is 4.74 Å². The first-order chi connectivity index (χ1) is 11.1.